The van der Waals surface area contributed by atoms with Crippen molar-refractivity contribution in [1.29, 1.82) is 0 Å². The zero-order valence-electron chi connectivity index (χ0n) is 14.5. The zero-order valence-corrected chi connectivity index (χ0v) is 14.5. The van der Waals surface area contributed by atoms with Gasteiger partial charge in [-0.1, -0.05) is 18.2 Å². The van der Waals surface area contributed by atoms with Gasteiger partial charge >= 0.3 is 5.97 Å². The van der Waals surface area contributed by atoms with Crippen LogP contribution in [0.5, 0.6) is 5.75 Å². The van der Waals surface area contributed by atoms with Crippen molar-refractivity contribution in [1.82, 2.24) is 4.90 Å². The normalized spacial score (nSPS) is 15.2. The fourth-order valence-electron chi connectivity index (χ4n) is 3.07. The molecule has 5 heteroatoms. The smallest absolute Gasteiger partial charge is 0.335 e. The Morgan fingerprint density at radius 1 is 1.08 bits per heavy atom. The summed E-state index contributed by atoms with van der Waals surface area (Å²) in [7, 11) is 0. The van der Waals surface area contributed by atoms with Crippen LogP contribution in [0.25, 0.3) is 0 Å². The van der Waals surface area contributed by atoms with Crippen LogP contribution >= 0.6 is 0 Å². The van der Waals surface area contributed by atoms with Crippen molar-refractivity contribution in [2.45, 2.75) is 6.92 Å². The van der Waals surface area contributed by atoms with E-state index in [4.69, 9.17) is 9.84 Å². The number of benzene rings is 2. The molecule has 1 N–H and O–H groups in total. The summed E-state index contributed by atoms with van der Waals surface area (Å²) in [6.07, 6.45) is 0. The van der Waals surface area contributed by atoms with Gasteiger partial charge in [0.2, 0.25) is 0 Å². The van der Waals surface area contributed by atoms with Gasteiger partial charge in [0, 0.05) is 38.4 Å². The first kappa shape index (κ1) is 17.3. The number of rotatable bonds is 6. The van der Waals surface area contributed by atoms with E-state index in [0.717, 1.165) is 32.7 Å². The van der Waals surface area contributed by atoms with E-state index in [1.165, 1.54) is 11.3 Å². The molecule has 1 saturated heterocycles. The van der Waals surface area contributed by atoms with Crippen LogP contribution in [0.3, 0.4) is 0 Å². The third-order valence-corrected chi connectivity index (χ3v) is 4.50. The van der Waals surface area contributed by atoms with E-state index in [9.17, 15) is 4.79 Å². The lowest BCUT2D eigenvalue weighted by Crippen LogP contribution is -2.47. The number of ether oxygens (including phenoxy) is 1. The molecule has 5 nitrogen and oxygen atoms in total. The fourth-order valence-corrected chi connectivity index (χ4v) is 3.07. The number of carboxylic acid groups (broad SMARTS) is 1. The second-order valence-corrected chi connectivity index (χ2v) is 6.35. The molecule has 132 valence electrons. The number of aromatic carboxylic acids is 1. The molecule has 0 saturated carbocycles. The number of carboxylic acids is 1. The van der Waals surface area contributed by atoms with E-state index >= 15 is 0 Å². The van der Waals surface area contributed by atoms with Crippen LogP contribution in [0.2, 0.25) is 0 Å². The molecule has 0 radical (unpaired) electrons. The van der Waals surface area contributed by atoms with Crippen LogP contribution < -0.4 is 9.64 Å². The highest BCUT2D eigenvalue weighted by molar-refractivity contribution is 5.87. The van der Waals surface area contributed by atoms with Gasteiger partial charge in [-0.15, -0.1) is 0 Å². The predicted molar refractivity (Wildman–Crippen MR) is 98.7 cm³/mol. The number of aryl methyl sites for hydroxylation is 1. The van der Waals surface area contributed by atoms with E-state index in [-0.39, 0.29) is 5.56 Å². The summed E-state index contributed by atoms with van der Waals surface area (Å²) >= 11 is 0. The van der Waals surface area contributed by atoms with Crippen molar-refractivity contribution in [3.05, 3.63) is 59.7 Å². The molecule has 0 bridgehead atoms. The Hall–Kier alpha value is -2.53. The highest BCUT2D eigenvalue weighted by Crippen LogP contribution is 2.18. The summed E-state index contributed by atoms with van der Waals surface area (Å²) in [6, 6.07) is 15.3. The summed E-state index contributed by atoms with van der Waals surface area (Å²) in [5.41, 5.74) is 2.84. The first-order valence-electron chi connectivity index (χ1n) is 8.62. The van der Waals surface area contributed by atoms with Gasteiger partial charge in [0.25, 0.3) is 0 Å². The molecule has 25 heavy (non-hydrogen) atoms. The first-order valence-corrected chi connectivity index (χ1v) is 8.62. The van der Waals surface area contributed by atoms with E-state index in [0.29, 0.717) is 12.4 Å². The van der Waals surface area contributed by atoms with Gasteiger partial charge in [0.05, 0.1) is 5.56 Å². The van der Waals surface area contributed by atoms with E-state index < -0.39 is 5.97 Å². The summed E-state index contributed by atoms with van der Waals surface area (Å²) in [4.78, 5) is 15.8. The minimum Gasteiger partial charge on any atom is -0.492 e. The minimum atomic E-state index is -0.933. The lowest BCUT2D eigenvalue weighted by atomic mass is 10.2. The van der Waals surface area contributed by atoms with Crippen LogP contribution in [-0.2, 0) is 0 Å². The van der Waals surface area contributed by atoms with E-state index in [2.05, 4.69) is 41.0 Å². The Bertz CT molecular complexity index is 724. The second-order valence-electron chi connectivity index (χ2n) is 6.35. The molecular weight excluding hydrogens is 316 g/mol. The Labute approximate surface area is 148 Å². The maximum absolute atomic E-state index is 11.0. The number of hydrogen-bond donors (Lipinski definition) is 1. The molecule has 0 amide bonds. The molecule has 1 fully saturated rings. The van der Waals surface area contributed by atoms with Gasteiger partial charge in [-0.05, 0) is 42.8 Å². The Morgan fingerprint density at radius 3 is 2.56 bits per heavy atom. The topological polar surface area (TPSA) is 53.0 Å². The van der Waals surface area contributed by atoms with Crippen molar-refractivity contribution in [3.63, 3.8) is 0 Å². The van der Waals surface area contributed by atoms with Gasteiger partial charge < -0.3 is 14.7 Å². The van der Waals surface area contributed by atoms with Crippen molar-refractivity contribution in [2.24, 2.45) is 0 Å². The Kier molecular flexibility index (Phi) is 5.56. The zero-order chi connectivity index (χ0) is 17.6. The molecule has 1 aliphatic heterocycles. The SMILES string of the molecule is Cc1cccc(N2CCN(CCOc3cccc(C(=O)O)c3)CC2)c1. The minimum absolute atomic E-state index is 0.254. The molecular formula is C20H24N2O3. The third-order valence-electron chi connectivity index (χ3n) is 4.50. The molecule has 2 aromatic rings. The summed E-state index contributed by atoms with van der Waals surface area (Å²) < 4.78 is 5.71. The third kappa shape index (κ3) is 4.73. The Balaban J connectivity index is 1.44. The number of hydrogen-bond acceptors (Lipinski definition) is 4. The summed E-state index contributed by atoms with van der Waals surface area (Å²) in [6.45, 7) is 7.57. The highest BCUT2D eigenvalue weighted by atomic mass is 16.5. The Morgan fingerprint density at radius 2 is 1.84 bits per heavy atom. The van der Waals surface area contributed by atoms with Crippen LogP contribution in [0.15, 0.2) is 48.5 Å². The molecule has 1 heterocycles. The average molecular weight is 340 g/mol. The van der Waals surface area contributed by atoms with E-state index in [1.54, 1.807) is 24.3 Å². The number of anilines is 1. The van der Waals surface area contributed by atoms with Crippen LogP contribution in [0, 0.1) is 6.92 Å². The highest BCUT2D eigenvalue weighted by Gasteiger charge is 2.17. The van der Waals surface area contributed by atoms with Crippen molar-refractivity contribution in [2.75, 3.05) is 44.2 Å². The van der Waals surface area contributed by atoms with Crippen LogP contribution in [-0.4, -0.2) is 55.3 Å². The number of piperazine rings is 1. The van der Waals surface area contributed by atoms with Gasteiger partial charge in [-0.25, -0.2) is 4.79 Å². The molecule has 1 aliphatic rings. The second kappa shape index (κ2) is 8.03. The molecule has 2 aromatic carbocycles. The quantitative estimate of drug-likeness (QED) is 0.876. The molecule has 0 aromatic heterocycles. The first-order chi connectivity index (χ1) is 12.1. The van der Waals surface area contributed by atoms with Crippen molar-refractivity contribution >= 4 is 11.7 Å². The summed E-state index contributed by atoms with van der Waals surface area (Å²) in [5, 5.41) is 9.01. The van der Waals surface area contributed by atoms with E-state index in [1.807, 2.05) is 0 Å². The van der Waals surface area contributed by atoms with Gasteiger partial charge in [-0.3, -0.25) is 4.90 Å². The molecule has 0 unspecified atom stereocenters. The molecule has 0 atom stereocenters. The fraction of sp³-hybridized carbons (Fsp3) is 0.350. The lowest BCUT2D eigenvalue weighted by Gasteiger charge is -2.36. The van der Waals surface area contributed by atoms with Crippen molar-refractivity contribution in [3.8, 4) is 5.75 Å². The standard InChI is InChI=1S/C20H24N2O3/c1-16-4-2-6-18(14-16)22-10-8-21(9-11-22)12-13-25-19-7-3-5-17(15-19)20(23)24/h2-7,14-15H,8-13H2,1H3,(H,23,24). The number of carbonyl (C=O) groups is 1. The monoisotopic (exact) mass is 340 g/mol. The average Bonchev–Trinajstić information content (AvgIpc) is 2.62. The molecule has 0 aliphatic carbocycles. The summed E-state index contributed by atoms with van der Waals surface area (Å²) in [5.74, 6) is -0.323. The van der Waals surface area contributed by atoms with Crippen LogP contribution in [0.1, 0.15) is 15.9 Å². The largest absolute Gasteiger partial charge is 0.492 e. The van der Waals surface area contributed by atoms with Gasteiger partial charge in [0.15, 0.2) is 0 Å². The van der Waals surface area contributed by atoms with Gasteiger partial charge in [0.1, 0.15) is 12.4 Å². The lowest BCUT2D eigenvalue weighted by molar-refractivity contribution is 0.0696. The maximum Gasteiger partial charge on any atom is 0.335 e. The van der Waals surface area contributed by atoms with Crippen LogP contribution in [0.4, 0.5) is 5.69 Å². The van der Waals surface area contributed by atoms with Crippen molar-refractivity contribution < 1.29 is 14.6 Å². The maximum atomic E-state index is 11.0. The molecule has 3 rings (SSSR count). The number of nitrogens with zero attached hydrogens (tertiary/aromatic N) is 2. The predicted octanol–water partition coefficient (Wildman–Crippen LogP) is 2.89. The van der Waals surface area contributed by atoms with Gasteiger partial charge in [-0.2, -0.15) is 0 Å². The molecule has 0 spiro atoms.